The Bertz CT molecular complexity index is 3420. The van der Waals surface area contributed by atoms with Crippen molar-refractivity contribution >= 4 is 67.1 Å². The SMILES string of the molecule is CC1(C)c2ccccc2N(c2ccc(-c3ccc(N(c4ccc(-c5nc6ccccc6o5)cc4)c4cccc5ccccc45)cc3)cc2)c2ccc(-c3nc4ccccc4o3)cc21. The van der Waals surface area contributed by atoms with E-state index in [1.807, 2.05) is 48.5 Å². The molecule has 0 spiro atoms. The van der Waals surface area contributed by atoms with Gasteiger partial charge in [0.1, 0.15) is 11.0 Å². The maximum Gasteiger partial charge on any atom is 0.227 e. The first-order valence-corrected chi connectivity index (χ1v) is 21.3. The van der Waals surface area contributed by atoms with E-state index in [9.17, 15) is 0 Å². The molecule has 6 nitrogen and oxygen atoms in total. The van der Waals surface area contributed by atoms with Gasteiger partial charge in [0.05, 0.1) is 17.1 Å². The van der Waals surface area contributed by atoms with Gasteiger partial charge in [-0.3, -0.25) is 0 Å². The molecule has 12 rings (SSSR count). The topological polar surface area (TPSA) is 58.5 Å². The molecular formula is C57H40N4O2. The van der Waals surface area contributed by atoms with Crippen LogP contribution in [0.25, 0.3) is 67.0 Å². The molecule has 1 aliphatic rings. The Morgan fingerprint density at radius 2 is 0.968 bits per heavy atom. The van der Waals surface area contributed by atoms with Crippen molar-refractivity contribution in [1.82, 2.24) is 9.97 Å². The predicted molar refractivity (Wildman–Crippen MR) is 257 cm³/mol. The van der Waals surface area contributed by atoms with Crippen molar-refractivity contribution < 1.29 is 8.83 Å². The van der Waals surface area contributed by atoms with Crippen LogP contribution in [0.15, 0.2) is 215 Å². The standard InChI is InChI=1S/C57H40N4O2/c1-57(2)46-15-5-8-18-51(46)61(52-35-28-41(36-47(52)57)56-59-49-17-7-10-21-54(49)63-56)44-31-24-38(25-32-44)37-22-29-42(30-23-37)60(50-19-11-13-39-12-3-4-14-45(39)50)43-33-26-40(27-34-43)55-58-48-16-6-9-20-53(48)62-55/h3-36H,1-2H3. The number of benzene rings is 9. The van der Waals surface area contributed by atoms with E-state index in [1.54, 1.807) is 0 Å². The summed E-state index contributed by atoms with van der Waals surface area (Å²) < 4.78 is 12.3. The van der Waals surface area contributed by atoms with Crippen LogP contribution in [0.1, 0.15) is 25.0 Å². The van der Waals surface area contributed by atoms with Crippen molar-refractivity contribution in [2.45, 2.75) is 19.3 Å². The van der Waals surface area contributed by atoms with Crippen molar-refractivity contribution in [3.63, 3.8) is 0 Å². The molecule has 6 heteroatoms. The maximum atomic E-state index is 6.23. The van der Waals surface area contributed by atoms with Crippen molar-refractivity contribution in [3.05, 3.63) is 217 Å². The predicted octanol–water partition coefficient (Wildman–Crippen LogP) is 15.7. The Morgan fingerprint density at radius 3 is 1.65 bits per heavy atom. The summed E-state index contributed by atoms with van der Waals surface area (Å²) in [6, 6.07) is 72.4. The fourth-order valence-corrected chi connectivity index (χ4v) is 9.30. The number of hydrogen-bond donors (Lipinski definition) is 0. The lowest BCUT2D eigenvalue weighted by atomic mass is 9.73. The van der Waals surface area contributed by atoms with Gasteiger partial charge in [-0.1, -0.05) is 117 Å². The molecule has 63 heavy (non-hydrogen) atoms. The molecule has 0 atom stereocenters. The van der Waals surface area contributed by atoms with Crippen molar-refractivity contribution in [3.8, 4) is 34.0 Å². The first-order chi connectivity index (χ1) is 31.0. The van der Waals surface area contributed by atoms with E-state index >= 15 is 0 Å². The van der Waals surface area contributed by atoms with Gasteiger partial charge in [0.15, 0.2) is 11.2 Å². The number of hydrogen-bond acceptors (Lipinski definition) is 6. The van der Waals surface area contributed by atoms with Crippen LogP contribution in [0.2, 0.25) is 0 Å². The Morgan fingerprint density at radius 1 is 0.444 bits per heavy atom. The van der Waals surface area contributed by atoms with Crippen LogP contribution >= 0.6 is 0 Å². The molecule has 11 aromatic rings. The second-order valence-electron chi connectivity index (χ2n) is 16.7. The Hall–Kier alpha value is -8.22. The molecule has 0 fully saturated rings. The van der Waals surface area contributed by atoms with E-state index in [0.717, 1.165) is 72.9 Å². The average molecular weight is 813 g/mol. The number of aromatic nitrogens is 2. The quantitative estimate of drug-likeness (QED) is 0.160. The average Bonchev–Trinajstić information content (AvgIpc) is 3.98. The van der Waals surface area contributed by atoms with Crippen LogP contribution in [0.5, 0.6) is 0 Å². The monoisotopic (exact) mass is 812 g/mol. The molecule has 2 aromatic heterocycles. The first-order valence-electron chi connectivity index (χ1n) is 21.3. The molecule has 1 aliphatic heterocycles. The minimum absolute atomic E-state index is 0.250. The summed E-state index contributed by atoms with van der Waals surface area (Å²) in [6.07, 6.45) is 0. The third-order valence-electron chi connectivity index (χ3n) is 12.5. The zero-order chi connectivity index (χ0) is 42.1. The zero-order valence-electron chi connectivity index (χ0n) is 34.7. The van der Waals surface area contributed by atoms with Crippen LogP contribution in [-0.2, 0) is 5.41 Å². The minimum atomic E-state index is -0.250. The fourth-order valence-electron chi connectivity index (χ4n) is 9.30. The van der Waals surface area contributed by atoms with Gasteiger partial charge in [0.25, 0.3) is 0 Å². The van der Waals surface area contributed by atoms with E-state index in [4.69, 9.17) is 18.8 Å². The molecule has 0 N–H and O–H groups in total. The zero-order valence-corrected chi connectivity index (χ0v) is 34.7. The summed E-state index contributed by atoms with van der Waals surface area (Å²) in [5, 5.41) is 2.36. The summed E-state index contributed by atoms with van der Waals surface area (Å²) in [5.41, 5.74) is 16.3. The number of nitrogens with zero attached hydrogens (tertiary/aromatic N) is 4. The largest absolute Gasteiger partial charge is 0.436 e. The lowest BCUT2D eigenvalue weighted by Crippen LogP contribution is -2.30. The molecule has 0 aliphatic carbocycles. The third kappa shape index (κ3) is 6.18. The number of para-hydroxylation sites is 5. The van der Waals surface area contributed by atoms with Crippen LogP contribution in [0.4, 0.5) is 34.1 Å². The van der Waals surface area contributed by atoms with Crippen molar-refractivity contribution in [1.29, 1.82) is 0 Å². The molecular weight excluding hydrogens is 773 g/mol. The maximum absolute atomic E-state index is 6.23. The molecule has 0 saturated heterocycles. The smallest absolute Gasteiger partial charge is 0.227 e. The molecule has 0 bridgehead atoms. The van der Waals surface area contributed by atoms with Gasteiger partial charge < -0.3 is 18.6 Å². The van der Waals surface area contributed by atoms with Crippen molar-refractivity contribution in [2.24, 2.45) is 0 Å². The number of oxazole rings is 2. The molecule has 9 aromatic carbocycles. The second kappa shape index (κ2) is 14.5. The summed E-state index contributed by atoms with van der Waals surface area (Å²) in [5.74, 6) is 1.24. The van der Waals surface area contributed by atoms with E-state index < -0.39 is 0 Å². The van der Waals surface area contributed by atoms with Crippen LogP contribution in [0.3, 0.4) is 0 Å². The summed E-state index contributed by atoms with van der Waals surface area (Å²) in [7, 11) is 0. The molecule has 0 amide bonds. The normalized spacial score (nSPS) is 13.0. The Kier molecular flexibility index (Phi) is 8.41. The van der Waals surface area contributed by atoms with Crippen LogP contribution < -0.4 is 9.80 Å². The highest BCUT2D eigenvalue weighted by Crippen LogP contribution is 2.53. The van der Waals surface area contributed by atoms with E-state index in [1.165, 1.54) is 27.6 Å². The van der Waals surface area contributed by atoms with Gasteiger partial charge in [0.2, 0.25) is 11.8 Å². The van der Waals surface area contributed by atoms with E-state index in [-0.39, 0.29) is 5.41 Å². The summed E-state index contributed by atoms with van der Waals surface area (Å²) >= 11 is 0. The van der Waals surface area contributed by atoms with Gasteiger partial charge in [-0.2, -0.15) is 0 Å². The number of anilines is 6. The molecule has 0 unspecified atom stereocenters. The molecule has 0 saturated carbocycles. The van der Waals surface area contributed by atoms with Gasteiger partial charge in [0, 0.05) is 39.0 Å². The van der Waals surface area contributed by atoms with Crippen molar-refractivity contribution in [2.75, 3.05) is 9.80 Å². The van der Waals surface area contributed by atoms with E-state index in [0.29, 0.717) is 11.8 Å². The highest BCUT2D eigenvalue weighted by Gasteiger charge is 2.37. The molecule has 300 valence electrons. The van der Waals surface area contributed by atoms with Gasteiger partial charge in [-0.25, -0.2) is 9.97 Å². The van der Waals surface area contributed by atoms with Crippen LogP contribution in [0, 0.1) is 0 Å². The lowest BCUT2D eigenvalue weighted by molar-refractivity contribution is 0.615. The highest BCUT2D eigenvalue weighted by atomic mass is 16.4. The molecule has 3 heterocycles. The highest BCUT2D eigenvalue weighted by molar-refractivity contribution is 5.99. The summed E-state index contributed by atoms with van der Waals surface area (Å²) in [6.45, 7) is 4.61. The van der Waals surface area contributed by atoms with E-state index in [2.05, 4.69) is 181 Å². The van der Waals surface area contributed by atoms with Crippen LogP contribution in [-0.4, -0.2) is 9.97 Å². The second-order valence-corrected chi connectivity index (χ2v) is 16.7. The lowest BCUT2D eigenvalue weighted by Gasteiger charge is -2.42. The third-order valence-corrected chi connectivity index (χ3v) is 12.5. The Labute approximate surface area is 365 Å². The number of fused-ring (bicyclic) bond motifs is 5. The Balaban J connectivity index is 0.887. The number of rotatable bonds is 7. The van der Waals surface area contributed by atoms with Gasteiger partial charge in [-0.05, 0) is 131 Å². The minimum Gasteiger partial charge on any atom is -0.436 e. The van der Waals surface area contributed by atoms with Gasteiger partial charge in [-0.15, -0.1) is 0 Å². The summed E-state index contributed by atoms with van der Waals surface area (Å²) in [4.78, 5) is 14.3. The first kappa shape index (κ1) is 36.6. The van der Waals surface area contributed by atoms with Gasteiger partial charge >= 0.3 is 0 Å². The molecule has 0 radical (unpaired) electrons. The fraction of sp³-hybridized carbons (Fsp3) is 0.0526.